The standard InChI is InChI=1S/C35H43N5O3/c1-4-9-26(2)10-8-11-27(3)22-33(41)38-29-14-16-32(36-24-29)40-20-18-31(19-21-40)43-35-17-15-30(25-37-35)39-34(42)23-28-12-6-5-7-13-28/h5-8,11-17,24-26,31H,3-4,9-10,18-23H2,1-2H3,(H,38,41)(H,39,42)/b11-8-/t26-/m1/s1. The molecule has 8 heteroatoms. The minimum Gasteiger partial charge on any atom is -0.474 e. The van der Waals surface area contributed by atoms with Gasteiger partial charge in [0.05, 0.1) is 36.6 Å². The highest BCUT2D eigenvalue weighted by Gasteiger charge is 2.22. The maximum atomic E-state index is 12.4. The maximum absolute atomic E-state index is 12.4. The van der Waals surface area contributed by atoms with Gasteiger partial charge in [-0.1, -0.05) is 75.8 Å². The van der Waals surface area contributed by atoms with E-state index in [-0.39, 0.29) is 24.3 Å². The summed E-state index contributed by atoms with van der Waals surface area (Å²) in [4.78, 5) is 35.9. The van der Waals surface area contributed by atoms with Crippen LogP contribution in [0, 0.1) is 5.92 Å². The third-order valence-corrected chi connectivity index (χ3v) is 7.37. The molecule has 0 unspecified atom stereocenters. The molecule has 1 aliphatic heterocycles. The molecule has 1 fully saturated rings. The number of allylic oxidation sites excluding steroid dienone is 2. The van der Waals surface area contributed by atoms with Crippen LogP contribution < -0.4 is 20.3 Å². The Labute approximate surface area is 255 Å². The highest BCUT2D eigenvalue weighted by Crippen LogP contribution is 2.23. The molecule has 0 saturated carbocycles. The Morgan fingerprint density at radius 1 is 1.00 bits per heavy atom. The zero-order valence-electron chi connectivity index (χ0n) is 25.3. The number of piperidine rings is 1. The molecule has 0 aliphatic carbocycles. The van der Waals surface area contributed by atoms with Crippen molar-refractivity contribution in [2.24, 2.45) is 5.92 Å². The van der Waals surface area contributed by atoms with Gasteiger partial charge in [0.25, 0.3) is 0 Å². The van der Waals surface area contributed by atoms with E-state index in [9.17, 15) is 9.59 Å². The first-order valence-corrected chi connectivity index (χ1v) is 15.2. The third-order valence-electron chi connectivity index (χ3n) is 7.37. The molecule has 1 saturated heterocycles. The van der Waals surface area contributed by atoms with Crippen molar-refractivity contribution in [1.82, 2.24) is 9.97 Å². The lowest BCUT2D eigenvalue weighted by molar-refractivity contribution is -0.116. The second-order valence-electron chi connectivity index (χ2n) is 11.2. The minimum absolute atomic E-state index is 0.0536. The van der Waals surface area contributed by atoms with Crippen molar-refractivity contribution in [2.45, 2.75) is 64.9 Å². The molecular weight excluding hydrogens is 538 g/mol. The molecule has 43 heavy (non-hydrogen) atoms. The number of rotatable bonds is 14. The van der Waals surface area contributed by atoms with Crippen LogP contribution in [0.4, 0.5) is 17.2 Å². The molecule has 1 aromatic carbocycles. The Kier molecular flexibility index (Phi) is 11.9. The number of pyridine rings is 2. The normalized spacial score (nSPS) is 14.3. The summed E-state index contributed by atoms with van der Waals surface area (Å²) in [5, 5.41) is 5.80. The van der Waals surface area contributed by atoms with E-state index in [2.05, 4.69) is 52.0 Å². The van der Waals surface area contributed by atoms with Gasteiger partial charge in [-0.3, -0.25) is 9.59 Å². The van der Waals surface area contributed by atoms with Crippen molar-refractivity contribution in [3.63, 3.8) is 0 Å². The van der Waals surface area contributed by atoms with E-state index in [0.29, 0.717) is 29.6 Å². The molecule has 0 radical (unpaired) electrons. The first-order valence-electron chi connectivity index (χ1n) is 15.2. The summed E-state index contributed by atoms with van der Waals surface area (Å²) in [5.41, 5.74) is 3.08. The number of carbonyl (C=O) groups excluding carboxylic acids is 2. The van der Waals surface area contributed by atoms with Crippen LogP contribution >= 0.6 is 0 Å². The zero-order valence-corrected chi connectivity index (χ0v) is 25.3. The van der Waals surface area contributed by atoms with Crippen LogP contribution in [0.1, 0.15) is 57.9 Å². The smallest absolute Gasteiger partial charge is 0.228 e. The third kappa shape index (κ3) is 10.7. The first-order chi connectivity index (χ1) is 20.9. The van der Waals surface area contributed by atoms with Crippen molar-refractivity contribution in [3.05, 3.63) is 96.9 Å². The van der Waals surface area contributed by atoms with Crippen LogP contribution in [0.2, 0.25) is 0 Å². The number of amides is 2. The number of carbonyl (C=O) groups is 2. The number of hydrogen-bond donors (Lipinski definition) is 2. The lowest BCUT2D eigenvalue weighted by atomic mass is 10.0. The Hall–Kier alpha value is -4.46. The number of hydrogen-bond acceptors (Lipinski definition) is 6. The zero-order chi connectivity index (χ0) is 30.4. The summed E-state index contributed by atoms with van der Waals surface area (Å²) in [5.74, 6) is 1.88. The number of anilines is 3. The van der Waals surface area contributed by atoms with Crippen LogP contribution in [-0.2, 0) is 16.0 Å². The topological polar surface area (TPSA) is 96.5 Å². The summed E-state index contributed by atoms with van der Waals surface area (Å²) in [6, 6.07) is 17.1. The average Bonchev–Trinajstić information content (AvgIpc) is 2.99. The quantitative estimate of drug-likeness (QED) is 0.200. The number of nitrogens with one attached hydrogen (secondary N) is 2. The highest BCUT2D eigenvalue weighted by atomic mass is 16.5. The Bertz CT molecular complexity index is 1350. The minimum atomic E-state index is -0.0972. The fourth-order valence-corrected chi connectivity index (χ4v) is 5.08. The molecule has 2 amide bonds. The van der Waals surface area contributed by atoms with E-state index in [0.717, 1.165) is 49.3 Å². The van der Waals surface area contributed by atoms with E-state index in [1.54, 1.807) is 18.5 Å². The van der Waals surface area contributed by atoms with Crippen molar-refractivity contribution in [1.29, 1.82) is 0 Å². The Balaban J connectivity index is 1.16. The van der Waals surface area contributed by atoms with Gasteiger partial charge in [-0.05, 0) is 41.7 Å². The molecule has 3 aromatic rings. The Morgan fingerprint density at radius 2 is 1.70 bits per heavy atom. The highest BCUT2D eigenvalue weighted by molar-refractivity contribution is 5.92. The molecule has 2 aromatic heterocycles. The van der Waals surface area contributed by atoms with Gasteiger partial charge in [-0.15, -0.1) is 0 Å². The van der Waals surface area contributed by atoms with Crippen LogP contribution in [0.15, 0.2) is 91.3 Å². The molecule has 4 rings (SSSR count). The van der Waals surface area contributed by atoms with Gasteiger partial charge in [0.15, 0.2) is 0 Å². The molecule has 0 spiro atoms. The van der Waals surface area contributed by atoms with Gasteiger partial charge in [0, 0.05) is 32.0 Å². The van der Waals surface area contributed by atoms with Gasteiger partial charge in [-0.2, -0.15) is 0 Å². The van der Waals surface area contributed by atoms with Crippen LogP contribution in [0.5, 0.6) is 5.88 Å². The van der Waals surface area contributed by atoms with Gasteiger partial charge in [0.2, 0.25) is 17.7 Å². The Morgan fingerprint density at radius 3 is 2.35 bits per heavy atom. The van der Waals surface area contributed by atoms with E-state index in [1.165, 1.54) is 12.8 Å². The number of benzene rings is 1. The van der Waals surface area contributed by atoms with E-state index in [4.69, 9.17) is 4.74 Å². The van der Waals surface area contributed by atoms with Crippen molar-refractivity contribution in [2.75, 3.05) is 28.6 Å². The second-order valence-corrected chi connectivity index (χ2v) is 11.2. The van der Waals surface area contributed by atoms with Gasteiger partial charge < -0.3 is 20.3 Å². The van der Waals surface area contributed by atoms with Crippen molar-refractivity contribution >= 4 is 29.0 Å². The van der Waals surface area contributed by atoms with Crippen molar-refractivity contribution < 1.29 is 14.3 Å². The molecule has 3 heterocycles. The molecular formula is C35H43N5O3. The summed E-state index contributed by atoms with van der Waals surface area (Å²) in [6.07, 6.45) is 13.1. The molecule has 1 atom stereocenters. The molecule has 226 valence electrons. The van der Waals surface area contributed by atoms with Crippen LogP contribution in [0.3, 0.4) is 0 Å². The molecule has 8 nitrogen and oxygen atoms in total. The summed E-state index contributed by atoms with van der Waals surface area (Å²) in [6.45, 7) is 10.1. The van der Waals surface area contributed by atoms with E-state index >= 15 is 0 Å². The number of nitrogens with zero attached hydrogens (tertiary/aromatic N) is 3. The number of ether oxygens (including phenoxy) is 1. The monoisotopic (exact) mass is 581 g/mol. The first kappa shape index (κ1) is 31.5. The average molecular weight is 582 g/mol. The largest absolute Gasteiger partial charge is 0.474 e. The fourth-order valence-electron chi connectivity index (χ4n) is 5.08. The fraction of sp³-hybridized carbons (Fsp3) is 0.371. The van der Waals surface area contributed by atoms with Gasteiger partial charge >= 0.3 is 0 Å². The van der Waals surface area contributed by atoms with Gasteiger partial charge in [0.1, 0.15) is 11.9 Å². The van der Waals surface area contributed by atoms with Crippen molar-refractivity contribution in [3.8, 4) is 5.88 Å². The summed E-state index contributed by atoms with van der Waals surface area (Å²) in [7, 11) is 0. The predicted octanol–water partition coefficient (Wildman–Crippen LogP) is 6.97. The molecule has 0 bridgehead atoms. The predicted molar refractivity (Wildman–Crippen MR) is 173 cm³/mol. The second kappa shape index (κ2) is 16.2. The summed E-state index contributed by atoms with van der Waals surface area (Å²) >= 11 is 0. The van der Waals surface area contributed by atoms with E-state index in [1.807, 2.05) is 54.6 Å². The molecule has 1 aliphatic rings. The number of aromatic nitrogens is 2. The van der Waals surface area contributed by atoms with Gasteiger partial charge in [-0.25, -0.2) is 9.97 Å². The van der Waals surface area contributed by atoms with Crippen LogP contribution in [0.25, 0.3) is 0 Å². The summed E-state index contributed by atoms with van der Waals surface area (Å²) < 4.78 is 6.11. The lowest BCUT2D eigenvalue weighted by Crippen LogP contribution is -2.38. The SMILES string of the molecule is C=C(/C=C\C[C@H](C)CCC)CC(=O)Nc1ccc(N2CCC(Oc3ccc(NC(=O)Cc4ccccc4)cn3)CC2)nc1. The van der Waals surface area contributed by atoms with E-state index < -0.39 is 0 Å². The lowest BCUT2D eigenvalue weighted by Gasteiger charge is -2.32. The van der Waals surface area contributed by atoms with Crippen LogP contribution in [-0.4, -0.2) is 41.0 Å². The maximum Gasteiger partial charge on any atom is 0.228 e. The molecule has 2 N–H and O–H groups in total.